The predicted molar refractivity (Wildman–Crippen MR) is 107 cm³/mol. The van der Waals surface area contributed by atoms with Gasteiger partial charge in [0, 0.05) is 31.3 Å². The van der Waals surface area contributed by atoms with E-state index in [-0.39, 0.29) is 22.9 Å². The minimum atomic E-state index is -0.160. The number of halogens is 1. The van der Waals surface area contributed by atoms with Crippen molar-refractivity contribution in [3.8, 4) is 11.3 Å². The second-order valence-electron chi connectivity index (χ2n) is 8.00. The molecule has 1 aromatic heterocycles. The van der Waals surface area contributed by atoms with Crippen molar-refractivity contribution in [2.45, 2.75) is 52.2 Å². The van der Waals surface area contributed by atoms with E-state index < -0.39 is 0 Å². The van der Waals surface area contributed by atoms with Crippen molar-refractivity contribution in [2.24, 2.45) is 0 Å². The van der Waals surface area contributed by atoms with Crippen molar-refractivity contribution >= 4 is 17.5 Å². The Bertz CT molecular complexity index is 826. The molecule has 1 aliphatic rings. The highest BCUT2D eigenvalue weighted by Crippen LogP contribution is 2.23. The fraction of sp³-hybridized carbons (Fsp3) is 0.476. The minimum absolute atomic E-state index is 0.160. The first-order valence-corrected chi connectivity index (χ1v) is 9.63. The first-order chi connectivity index (χ1) is 12.7. The van der Waals surface area contributed by atoms with Gasteiger partial charge in [-0.15, -0.1) is 0 Å². The minimum Gasteiger partial charge on any atom is -0.369 e. The van der Waals surface area contributed by atoms with Gasteiger partial charge in [-0.3, -0.25) is 4.79 Å². The molecule has 1 fully saturated rings. The Kier molecular flexibility index (Phi) is 5.82. The summed E-state index contributed by atoms with van der Waals surface area (Å²) in [5.41, 5.74) is 3.96. The summed E-state index contributed by atoms with van der Waals surface area (Å²) in [5, 5.41) is 0.239. The van der Waals surface area contributed by atoms with Gasteiger partial charge < -0.3 is 9.64 Å². The summed E-state index contributed by atoms with van der Waals surface area (Å²) < 4.78 is 5.89. The highest BCUT2D eigenvalue weighted by atomic mass is 35.5. The molecule has 5 nitrogen and oxygen atoms in total. The zero-order valence-electron chi connectivity index (χ0n) is 16.3. The lowest BCUT2D eigenvalue weighted by Gasteiger charge is -2.42. The van der Waals surface area contributed by atoms with E-state index in [2.05, 4.69) is 29.0 Å². The van der Waals surface area contributed by atoms with Gasteiger partial charge in [0.2, 0.25) is 11.2 Å². The van der Waals surface area contributed by atoms with Crippen molar-refractivity contribution < 1.29 is 9.53 Å². The van der Waals surface area contributed by atoms with Crippen LogP contribution >= 0.6 is 11.6 Å². The Morgan fingerprint density at radius 3 is 2.67 bits per heavy atom. The molecule has 2 aromatic rings. The first kappa shape index (κ1) is 19.8. The largest absolute Gasteiger partial charge is 0.369 e. The molecule has 0 saturated carbocycles. The molecular weight excluding hydrogens is 362 g/mol. The summed E-state index contributed by atoms with van der Waals surface area (Å²) >= 11 is 5.87. The van der Waals surface area contributed by atoms with Gasteiger partial charge in [0.05, 0.1) is 17.4 Å². The highest BCUT2D eigenvalue weighted by Gasteiger charge is 2.33. The second kappa shape index (κ2) is 7.95. The Balaban J connectivity index is 1.54. The molecule has 1 saturated heterocycles. The Hall–Kier alpha value is -1.98. The maximum atomic E-state index is 12.4. The number of hydrogen-bond acceptors (Lipinski definition) is 4. The number of ether oxygens (including phenoxy) is 1. The number of aryl methyl sites for hydroxylation is 2. The molecule has 27 heavy (non-hydrogen) atoms. The molecule has 6 heteroatoms. The molecule has 0 bridgehead atoms. The number of carbonyl (C=O) groups is 1. The number of hydrogen-bond donors (Lipinski definition) is 0. The standard InChI is InChI=1S/C21H26ClN3O2/c1-14-11-16(18-9-10-23-20(22)24-18)6-5-15(14)7-8-19(26)25-12-17(13-25)27-21(2,3)4/h5-6,9-11,17H,7-8,12-13H2,1-4H3. The van der Waals surface area contributed by atoms with Crippen LogP contribution in [0, 0.1) is 6.92 Å². The number of likely N-dealkylation sites (tertiary alicyclic amines) is 1. The van der Waals surface area contributed by atoms with E-state index in [9.17, 15) is 4.79 Å². The van der Waals surface area contributed by atoms with Crippen LogP contribution in [-0.4, -0.2) is 45.6 Å². The number of rotatable bonds is 5. The van der Waals surface area contributed by atoms with E-state index in [0.29, 0.717) is 19.5 Å². The molecule has 0 radical (unpaired) electrons. The van der Waals surface area contributed by atoms with Crippen molar-refractivity contribution in [3.63, 3.8) is 0 Å². The van der Waals surface area contributed by atoms with Gasteiger partial charge in [-0.1, -0.05) is 12.1 Å². The molecule has 0 aliphatic carbocycles. The van der Waals surface area contributed by atoms with Gasteiger partial charge in [0.1, 0.15) is 0 Å². The third-order valence-corrected chi connectivity index (χ3v) is 4.78. The molecule has 1 aliphatic heterocycles. The normalized spacial score (nSPS) is 14.9. The molecule has 0 spiro atoms. The molecule has 1 aromatic carbocycles. The van der Waals surface area contributed by atoms with Gasteiger partial charge >= 0.3 is 0 Å². The Morgan fingerprint density at radius 2 is 2.04 bits per heavy atom. The topological polar surface area (TPSA) is 55.3 Å². The van der Waals surface area contributed by atoms with Crippen LogP contribution in [0.1, 0.15) is 38.3 Å². The van der Waals surface area contributed by atoms with Crippen LogP contribution in [0.4, 0.5) is 0 Å². The van der Waals surface area contributed by atoms with Crippen LogP contribution in [0.25, 0.3) is 11.3 Å². The van der Waals surface area contributed by atoms with Crippen molar-refractivity contribution in [3.05, 3.63) is 46.9 Å². The quantitative estimate of drug-likeness (QED) is 0.726. The molecular formula is C21H26ClN3O2. The lowest BCUT2D eigenvalue weighted by atomic mass is 9.99. The van der Waals surface area contributed by atoms with E-state index in [1.165, 1.54) is 5.56 Å². The van der Waals surface area contributed by atoms with Crippen LogP contribution < -0.4 is 0 Å². The Labute approximate surface area is 165 Å². The van der Waals surface area contributed by atoms with Gasteiger partial charge in [0.25, 0.3) is 0 Å². The van der Waals surface area contributed by atoms with Gasteiger partial charge in [0.15, 0.2) is 0 Å². The zero-order chi connectivity index (χ0) is 19.6. The van der Waals surface area contributed by atoms with Gasteiger partial charge in [-0.25, -0.2) is 9.97 Å². The van der Waals surface area contributed by atoms with Crippen molar-refractivity contribution in [1.82, 2.24) is 14.9 Å². The van der Waals surface area contributed by atoms with Crippen molar-refractivity contribution in [1.29, 1.82) is 0 Å². The average Bonchev–Trinajstić information content (AvgIpc) is 2.55. The molecule has 0 N–H and O–H groups in total. The third kappa shape index (κ3) is 5.27. The number of nitrogens with zero attached hydrogens (tertiary/aromatic N) is 3. The fourth-order valence-electron chi connectivity index (χ4n) is 3.25. The summed E-state index contributed by atoms with van der Waals surface area (Å²) in [6, 6.07) is 8.00. The van der Waals surface area contributed by atoms with Crippen LogP contribution in [0.15, 0.2) is 30.5 Å². The summed E-state index contributed by atoms with van der Waals surface area (Å²) in [6.07, 6.45) is 3.06. The predicted octanol–water partition coefficient (Wildman–Crippen LogP) is 4.06. The van der Waals surface area contributed by atoms with Crippen molar-refractivity contribution in [2.75, 3.05) is 13.1 Å². The number of benzene rings is 1. The smallest absolute Gasteiger partial charge is 0.223 e. The van der Waals surface area contributed by atoms with Crippen LogP contribution in [0.3, 0.4) is 0 Å². The third-order valence-electron chi connectivity index (χ3n) is 4.59. The van der Waals surface area contributed by atoms with E-state index in [0.717, 1.165) is 23.2 Å². The van der Waals surface area contributed by atoms with Crippen LogP contribution in [0.5, 0.6) is 0 Å². The van der Waals surface area contributed by atoms with Gasteiger partial charge in [-0.2, -0.15) is 0 Å². The van der Waals surface area contributed by atoms with E-state index in [1.54, 1.807) is 6.20 Å². The highest BCUT2D eigenvalue weighted by molar-refractivity contribution is 6.28. The molecule has 0 atom stereocenters. The maximum Gasteiger partial charge on any atom is 0.223 e. The molecule has 2 heterocycles. The average molecular weight is 388 g/mol. The number of aromatic nitrogens is 2. The van der Waals surface area contributed by atoms with E-state index in [4.69, 9.17) is 16.3 Å². The van der Waals surface area contributed by atoms with Crippen LogP contribution in [-0.2, 0) is 16.0 Å². The lowest BCUT2D eigenvalue weighted by Crippen LogP contribution is -2.56. The monoisotopic (exact) mass is 387 g/mol. The first-order valence-electron chi connectivity index (χ1n) is 9.25. The summed E-state index contributed by atoms with van der Waals surface area (Å²) in [5.74, 6) is 0.190. The maximum absolute atomic E-state index is 12.4. The molecule has 3 rings (SSSR count). The Morgan fingerprint density at radius 1 is 1.30 bits per heavy atom. The lowest BCUT2D eigenvalue weighted by molar-refractivity contribution is -0.157. The fourth-order valence-corrected chi connectivity index (χ4v) is 3.39. The molecule has 144 valence electrons. The summed E-state index contributed by atoms with van der Waals surface area (Å²) in [4.78, 5) is 22.4. The van der Waals surface area contributed by atoms with E-state index in [1.807, 2.05) is 37.8 Å². The second-order valence-corrected chi connectivity index (χ2v) is 8.34. The molecule has 1 amide bonds. The van der Waals surface area contributed by atoms with E-state index >= 15 is 0 Å². The summed E-state index contributed by atoms with van der Waals surface area (Å²) in [7, 11) is 0. The van der Waals surface area contributed by atoms with Crippen LogP contribution in [0.2, 0.25) is 5.28 Å². The molecule has 0 unspecified atom stereocenters. The van der Waals surface area contributed by atoms with Gasteiger partial charge in [-0.05, 0) is 69.0 Å². The number of carbonyl (C=O) groups excluding carboxylic acids is 1. The zero-order valence-corrected chi connectivity index (χ0v) is 17.1. The number of amides is 1. The SMILES string of the molecule is Cc1cc(-c2ccnc(Cl)n2)ccc1CCC(=O)N1CC(OC(C)(C)C)C1. The summed E-state index contributed by atoms with van der Waals surface area (Å²) in [6.45, 7) is 9.58.